The predicted molar refractivity (Wildman–Crippen MR) is 88.0 cm³/mol. The van der Waals surface area contributed by atoms with Crippen molar-refractivity contribution >= 4 is 28.5 Å². The Hall–Kier alpha value is -1.56. The SMILES string of the molecule is COc1ccc([C@H](C)NC(=O)c2ccc(I)cc2)cc1. The molecule has 0 aliphatic carbocycles. The molecule has 2 rings (SSSR count). The maximum Gasteiger partial charge on any atom is 0.251 e. The van der Waals surface area contributed by atoms with E-state index in [9.17, 15) is 4.79 Å². The van der Waals surface area contributed by atoms with Gasteiger partial charge < -0.3 is 10.1 Å². The number of carbonyl (C=O) groups excluding carboxylic acids is 1. The Morgan fingerprint density at radius 1 is 1.10 bits per heavy atom. The van der Waals surface area contributed by atoms with E-state index in [1.165, 1.54) is 0 Å². The molecule has 0 fully saturated rings. The molecule has 0 aliphatic rings. The molecule has 2 aromatic rings. The first-order valence-electron chi connectivity index (χ1n) is 6.30. The highest BCUT2D eigenvalue weighted by atomic mass is 127. The van der Waals surface area contributed by atoms with Crippen LogP contribution in [0.4, 0.5) is 0 Å². The molecule has 4 heteroatoms. The molecule has 0 saturated heterocycles. The Labute approximate surface area is 132 Å². The molecule has 0 aromatic heterocycles. The van der Waals surface area contributed by atoms with Gasteiger partial charge in [0.25, 0.3) is 5.91 Å². The van der Waals surface area contributed by atoms with Crippen molar-refractivity contribution < 1.29 is 9.53 Å². The van der Waals surface area contributed by atoms with Gasteiger partial charge in [-0.15, -0.1) is 0 Å². The zero-order valence-corrected chi connectivity index (χ0v) is 13.5. The summed E-state index contributed by atoms with van der Waals surface area (Å²) < 4.78 is 6.24. The van der Waals surface area contributed by atoms with Gasteiger partial charge in [-0.1, -0.05) is 12.1 Å². The molecular weight excluding hydrogens is 365 g/mol. The lowest BCUT2D eigenvalue weighted by Crippen LogP contribution is -2.26. The molecule has 0 heterocycles. The van der Waals surface area contributed by atoms with E-state index in [1.54, 1.807) is 7.11 Å². The summed E-state index contributed by atoms with van der Waals surface area (Å²) in [5.41, 5.74) is 1.72. The van der Waals surface area contributed by atoms with E-state index in [-0.39, 0.29) is 11.9 Å². The second kappa shape index (κ2) is 6.74. The van der Waals surface area contributed by atoms with Crippen LogP contribution in [0.25, 0.3) is 0 Å². The first-order chi connectivity index (χ1) is 9.60. The van der Waals surface area contributed by atoms with E-state index in [2.05, 4.69) is 27.9 Å². The minimum Gasteiger partial charge on any atom is -0.497 e. The van der Waals surface area contributed by atoms with Crippen LogP contribution >= 0.6 is 22.6 Å². The lowest BCUT2D eigenvalue weighted by molar-refractivity contribution is 0.0940. The van der Waals surface area contributed by atoms with Crippen molar-refractivity contribution in [1.29, 1.82) is 0 Å². The fourth-order valence-corrected chi connectivity index (χ4v) is 2.22. The summed E-state index contributed by atoms with van der Waals surface area (Å²) in [4.78, 5) is 12.1. The van der Waals surface area contributed by atoms with Crippen molar-refractivity contribution in [2.75, 3.05) is 7.11 Å². The van der Waals surface area contributed by atoms with Gasteiger partial charge >= 0.3 is 0 Å². The molecule has 0 bridgehead atoms. The topological polar surface area (TPSA) is 38.3 Å². The highest BCUT2D eigenvalue weighted by Crippen LogP contribution is 2.18. The van der Waals surface area contributed by atoms with Gasteiger partial charge in [0.1, 0.15) is 5.75 Å². The Balaban J connectivity index is 2.04. The maximum absolute atomic E-state index is 12.1. The molecule has 0 aliphatic heterocycles. The minimum atomic E-state index is -0.0651. The van der Waals surface area contributed by atoms with Crippen LogP contribution in [0.1, 0.15) is 28.9 Å². The number of benzene rings is 2. The standard InChI is InChI=1S/C16H16INO2/c1-11(12-5-9-15(20-2)10-6-12)18-16(19)13-3-7-14(17)8-4-13/h3-11H,1-2H3,(H,18,19)/t11-/m0/s1. The lowest BCUT2D eigenvalue weighted by Gasteiger charge is -2.15. The van der Waals surface area contributed by atoms with Crippen LogP contribution in [0.2, 0.25) is 0 Å². The zero-order valence-electron chi connectivity index (χ0n) is 11.4. The summed E-state index contributed by atoms with van der Waals surface area (Å²) in [6, 6.07) is 15.2. The number of methoxy groups -OCH3 is 1. The fourth-order valence-electron chi connectivity index (χ4n) is 1.86. The fraction of sp³-hybridized carbons (Fsp3) is 0.188. The number of halogens is 1. The summed E-state index contributed by atoms with van der Waals surface area (Å²) in [5, 5.41) is 2.99. The van der Waals surface area contributed by atoms with Gasteiger partial charge in [-0.3, -0.25) is 4.79 Å². The van der Waals surface area contributed by atoms with Crippen LogP contribution < -0.4 is 10.1 Å². The lowest BCUT2D eigenvalue weighted by atomic mass is 10.1. The molecular formula is C16H16INO2. The van der Waals surface area contributed by atoms with Crippen LogP contribution in [-0.2, 0) is 0 Å². The second-order valence-corrected chi connectivity index (χ2v) is 5.72. The molecule has 104 valence electrons. The Morgan fingerprint density at radius 3 is 2.25 bits per heavy atom. The molecule has 1 N–H and O–H groups in total. The van der Waals surface area contributed by atoms with E-state index >= 15 is 0 Å². The highest BCUT2D eigenvalue weighted by Gasteiger charge is 2.11. The third-order valence-corrected chi connectivity index (χ3v) is 3.79. The van der Waals surface area contributed by atoms with Gasteiger partial charge in [0.2, 0.25) is 0 Å². The number of nitrogens with one attached hydrogen (secondary N) is 1. The summed E-state index contributed by atoms with van der Waals surface area (Å²) in [7, 11) is 1.64. The van der Waals surface area contributed by atoms with E-state index < -0.39 is 0 Å². The van der Waals surface area contributed by atoms with Crippen molar-refractivity contribution in [1.82, 2.24) is 5.32 Å². The molecule has 0 radical (unpaired) electrons. The Morgan fingerprint density at radius 2 is 1.70 bits per heavy atom. The number of hydrogen-bond acceptors (Lipinski definition) is 2. The van der Waals surface area contributed by atoms with Gasteiger partial charge in [0.05, 0.1) is 13.2 Å². The van der Waals surface area contributed by atoms with Gasteiger partial charge in [-0.05, 0) is 71.5 Å². The predicted octanol–water partition coefficient (Wildman–Crippen LogP) is 3.79. The van der Waals surface area contributed by atoms with Crippen LogP contribution in [0.5, 0.6) is 5.75 Å². The third kappa shape index (κ3) is 3.72. The van der Waals surface area contributed by atoms with Crippen LogP contribution in [0.15, 0.2) is 48.5 Å². The van der Waals surface area contributed by atoms with Gasteiger partial charge in [-0.25, -0.2) is 0 Å². The monoisotopic (exact) mass is 381 g/mol. The van der Waals surface area contributed by atoms with Crippen molar-refractivity contribution in [2.45, 2.75) is 13.0 Å². The summed E-state index contributed by atoms with van der Waals surface area (Å²) in [6.45, 7) is 1.96. The smallest absolute Gasteiger partial charge is 0.251 e. The zero-order chi connectivity index (χ0) is 14.5. The van der Waals surface area contributed by atoms with Gasteiger partial charge in [0, 0.05) is 9.13 Å². The van der Waals surface area contributed by atoms with E-state index in [0.29, 0.717) is 5.56 Å². The van der Waals surface area contributed by atoms with E-state index in [4.69, 9.17) is 4.74 Å². The normalized spacial score (nSPS) is 11.8. The maximum atomic E-state index is 12.1. The van der Waals surface area contributed by atoms with Crippen LogP contribution in [0.3, 0.4) is 0 Å². The molecule has 2 aromatic carbocycles. The first-order valence-corrected chi connectivity index (χ1v) is 7.38. The van der Waals surface area contributed by atoms with E-state index in [0.717, 1.165) is 14.9 Å². The van der Waals surface area contributed by atoms with Crippen molar-refractivity contribution in [3.8, 4) is 5.75 Å². The van der Waals surface area contributed by atoms with Crippen LogP contribution in [0, 0.1) is 3.57 Å². The number of hydrogen-bond donors (Lipinski definition) is 1. The summed E-state index contributed by atoms with van der Waals surface area (Å²) in [6.07, 6.45) is 0. The molecule has 3 nitrogen and oxygen atoms in total. The second-order valence-electron chi connectivity index (χ2n) is 4.48. The van der Waals surface area contributed by atoms with Crippen LogP contribution in [-0.4, -0.2) is 13.0 Å². The first kappa shape index (κ1) is 14.8. The van der Waals surface area contributed by atoms with Crippen molar-refractivity contribution in [3.05, 3.63) is 63.2 Å². The molecule has 20 heavy (non-hydrogen) atoms. The third-order valence-electron chi connectivity index (χ3n) is 3.07. The van der Waals surface area contributed by atoms with Gasteiger partial charge in [0.15, 0.2) is 0 Å². The largest absolute Gasteiger partial charge is 0.497 e. The molecule has 0 saturated carbocycles. The number of carbonyl (C=O) groups is 1. The number of amides is 1. The molecule has 0 spiro atoms. The molecule has 1 amide bonds. The average Bonchev–Trinajstić information content (AvgIpc) is 2.48. The quantitative estimate of drug-likeness (QED) is 0.819. The Bertz CT molecular complexity index is 578. The summed E-state index contributed by atoms with van der Waals surface area (Å²) in [5.74, 6) is 0.745. The molecule has 0 unspecified atom stereocenters. The molecule has 1 atom stereocenters. The average molecular weight is 381 g/mol. The number of ether oxygens (including phenoxy) is 1. The Kier molecular flexibility index (Phi) is 5.00. The minimum absolute atomic E-state index is 0.0484. The van der Waals surface area contributed by atoms with Crippen molar-refractivity contribution in [2.24, 2.45) is 0 Å². The summed E-state index contributed by atoms with van der Waals surface area (Å²) >= 11 is 2.22. The van der Waals surface area contributed by atoms with E-state index in [1.807, 2.05) is 55.5 Å². The number of rotatable bonds is 4. The van der Waals surface area contributed by atoms with Crippen molar-refractivity contribution in [3.63, 3.8) is 0 Å². The van der Waals surface area contributed by atoms with Gasteiger partial charge in [-0.2, -0.15) is 0 Å². The highest BCUT2D eigenvalue weighted by molar-refractivity contribution is 14.1.